The van der Waals surface area contributed by atoms with Gasteiger partial charge >= 0.3 is 59.1 Å². The Kier molecular flexibility index (Phi) is 15.5. The van der Waals surface area contributed by atoms with Crippen LogP contribution >= 0.6 is 7.92 Å². The first kappa shape index (κ1) is 28.0. The van der Waals surface area contributed by atoms with Gasteiger partial charge in [-0.15, -0.1) is 7.92 Å². The molecule has 15 heteroatoms. The van der Waals surface area contributed by atoms with Gasteiger partial charge in [-0.1, -0.05) is 0 Å². The number of hydrogen-bond acceptors (Lipinski definition) is 6. The first-order valence-electron chi connectivity index (χ1n) is 4.86. The van der Waals surface area contributed by atoms with E-state index < -0.39 is 55.5 Å². The van der Waals surface area contributed by atoms with Crippen molar-refractivity contribution in [3.8, 4) is 0 Å². The minimum absolute atomic E-state index is 0. The molecule has 0 atom stereocenters. The van der Waals surface area contributed by atoms with Crippen molar-refractivity contribution < 1.29 is 38.9 Å². The van der Waals surface area contributed by atoms with Crippen LogP contribution < -0.4 is 0 Å². The van der Waals surface area contributed by atoms with E-state index in [-0.39, 0.29) is 77.6 Å². The summed E-state index contributed by atoms with van der Waals surface area (Å²) >= 11 is 0. The van der Waals surface area contributed by atoms with Crippen LogP contribution in [0.5, 0.6) is 0 Å². The van der Waals surface area contributed by atoms with Crippen LogP contribution in [0.1, 0.15) is 0 Å². The van der Waals surface area contributed by atoms with Crippen molar-refractivity contribution in [2.45, 2.75) is 0 Å². The van der Waals surface area contributed by atoms with Gasteiger partial charge in [0.15, 0.2) is 0 Å². The molecule has 0 unspecified atom stereocenters. The fourth-order valence-corrected chi connectivity index (χ4v) is 7.61. The number of rotatable bonds is 9. The van der Waals surface area contributed by atoms with Crippen LogP contribution in [0, 0.1) is 0 Å². The Morgan fingerprint density at radius 3 is 0.905 bits per heavy atom. The molecule has 0 fully saturated rings. The van der Waals surface area contributed by atoms with E-state index in [1.807, 2.05) is 0 Å². The summed E-state index contributed by atoms with van der Waals surface area (Å²) in [6.07, 6.45) is -0.336. The second-order valence-corrected chi connectivity index (χ2v) is 11.1. The second-order valence-electron chi connectivity index (χ2n) is 3.70. The maximum atomic E-state index is 10.6. The molecular formula is C6H17Na2O9PS3. The van der Waals surface area contributed by atoms with E-state index in [0.29, 0.717) is 0 Å². The van der Waals surface area contributed by atoms with Crippen LogP contribution in [-0.4, -0.2) is 134 Å². The summed E-state index contributed by atoms with van der Waals surface area (Å²) in [5.41, 5.74) is 0. The Bertz CT molecular complexity index is 499. The first-order valence-corrected chi connectivity index (χ1v) is 11.6. The average Bonchev–Trinajstić information content (AvgIpc) is 2.11. The Hall–Kier alpha value is 2.16. The van der Waals surface area contributed by atoms with Gasteiger partial charge in [0.25, 0.3) is 30.4 Å². The first-order chi connectivity index (χ1) is 8.29. The normalized spacial score (nSPS) is 12.6. The third kappa shape index (κ3) is 22.2. The van der Waals surface area contributed by atoms with Gasteiger partial charge in [0.2, 0.25) is 0 Å². The van der Waals surface area contributed by atoms with Crippen molar-refractivity contribution in [3.63, 3.8) is 0 Å². The second kappa shape index (κ2) is 11.7. The Labute approximate surface area is 170 Å². The summed E-state index contributed by atoms with van der Waals surface area (Å²) in [4.78, 5) is 0. The summed E-state index contributed by atoms with van der Waals surface area (Å²) in [6, 6.07) is 0. The van der Waals surface area contributed by atoms with Gasteiger partial charge in [0.05, 0.1) is 17.3 Å². The molecular weight excluding hydrogens is 389 g/mol. The van der Waals surface area contributed by atoms with Gasteiger partial charge in [-0.05, 0) is 18.5 Å². The Balaban J connectivity index is -0.00000162. The molecule has 0 heterocycles. The molecule has 120 valence electrons. The van der Waals surface area contributed by atoms with Crippen molar-refractivity contribution in [2.24, 2.45) is 0 Å². The third-order valence-electron chi connectivity index (χ3n) is 2.00. The molecule has 3 N–H and O–H groups in total. The molecule has 0 aliphatic heterocycles. The molecule has 21 heavy (non-hydrogen) atoms. The number of hydrogen-bond donors (Lipinski definition) is 3. The SMILES string of the molecule is O=S(=O)(O)CCP(CCS(=O)(=O)O)CCS(=O)(=O)O.[NaH].[NaH]. The quantitative estimate of drug-likeness (QED) is 0.220. The molecule has 0 amide bonds. The summed E-state index contributed by atoms with van der Waals surface area (Å²) in [5, 5.41) is 0. The van der Waals surface area contributed by atoms with E-state index >= 15 is 0 Å². The molecule has 0 aliphatic rings. The van der Waals surface area contributed by atoms with Crippen molar-refractivity contribution >= 4 is 97.4 Å². The maximum absolute atomic E-state index is 10.6. The molecule has 0 saturated heterocycles. The predicted molar refractivity (Wildman–Crippen MR) is 85.1 cm³/mol. The summed E-state index contributed by atoms with van der Waals surface area (Å²) < 4.78 is 89.1. The summed E-state index contributed by atoms with van der Waals surface area (Å²) in [7, 11) is -14.1. The zero-order chi connectivity index (χ0) is 15.3. The predicted octanol–water partition coefficient (Wildman–Crippen LogP) is -2.17. The summed E-state index contributed by atoms with van der Waals surface area (Å²) in [6.45, 7) is 0. The van der Waals surface area contributed by atoms with Crippen LogP contribution in [0.2, 0.25) is 0 Å². The van der Waals surface area contributed by atoms with Gasteiger partial charge in [-0.25, -0.2) is 0 Å². The zero-order valence-electron chi connectivity index (χ0n) is 9.71. The van der Waals surface area contributed by atoms with Crippen molar-refractivity contribution in [1.29, 1.82) is 0 Å². The van der Waals surface area contributed by atoms with Crippen LogP contribution in [-0.2, 0) is 30.4 Å². The van der Waals surface area contributed by atoms with E-state index in [2.05, 4.69) is 0 Å². The topological polar surface area (TPSA) is 163 Å². The monoisotopic (exact) mass is 406 g/mol. The molecule has 0 aromatic rings. The molecule has 0 saturated carbocycles. The van der Waals surface area contributed by atoms with Gasteiger partial charge < -0.3 is 0 Å². The van der Waals surface area contributed by atoms with Gasteiger partial charge in [0, 0.05) is 0 Å². The van der Waals surface area contributed by atoms with Crippen LogP contribution in [0.3, 0.4) is 0 Å². The zero-order valence-corrected chi connectivity index (χ0v) is 13.0. The van der Waals surface area contributed by atoms with Crippen LogP contribution in [0.4, 0.5) is 0 Å². The van der Waals surface area contributed by atoms with E-state index in [4.69, 9.17) is 13.7 Å². The fourth-order valence-electron chi connectivity index (χ4n) is 1.07. The van der Waals surface area contributed by atoms with Gasteiger partial charge in [-0.2, -0.15) is 25.3 Å². The summed E-state index contributed by atoms with van der Waals surface area (Å²) in [5.74, 6) is -1.89. The fraction of sp³-hybridized carbons (Fsp3) is 1.00. The minimum atomic E-state index is -4.23. The standard InChI is InChI=1S/C6H15O9PS3.2Na.2H/c7-17(8,9)4-1-16(2-5-18(10,11)12)3-6-19(13,14)15;;;;/h1-6H2,(H,7,8,9)(H,10,11,12)(H,13,14,15);;;;. The molecule has 0 aromatic carbocycles. The van der Waals surface area contributed by atoms with Crippen LogP contribution in [0.25, 0.3) is 0 Å². The average molecular weight is 406 g/mol. The third-order valence-corrected chi connectivity index (χ3v) is 7.63. The van der Waals surface area contributed by atoms with E-state index in [1.54, 1.807) is 0 Å². The molecule has 0 radical (unpaired) electrons. The van der Waals surface area contributed by atoms with Gasteiger partial charge in [0.1, 0.15) is 0 Å². The molecule has 0 aromatic heterocycles. The molecule has 9 nitrogen and oxygen atoms in total. The van der Waals surface area contributed by atoms with Crippen molar-refractivity contribution in [3.05, 3.63) is 0 Å². The van der Waals surface area contributed by atoms with Crippen molar-refractivity contribution in [1.82, 2.24) is 0 Å². The Morgan fingerprint density at radius 2 is 0.762 bits per heavy atom. The Morgan fingerprint density at radius 1 is 0.571 bits per heavy atom. The van der Waals surface area contributed by atoms with Crippen molar-refractivity contribution in [2.75, 3.05) is 35.7 Å². The van der Waals surface area contributed by atoms with E-state index in [0.717, 1.165) is 0 Å². The molecule has 0 bridgehead atoms. The van der Waals surface area contributed by atoms with E-state index in [1.165, 1.54) is 0 Å². The van der Waals surface area contributed by atoms with E-state index in [9.17, 15) is 25.3 Å². The molecule has 0 rings (SSSR count). The van der Waals surface area contributed by atoms with Crippen LogP contribution in [0.15, 0.2) is 0 Å². The molecule has 0 spiro atoms. The molecule has 0 aliphatic carbocycles. The van der Waals surface area contributed by atoms with Gasteiger partial charge in [-0.3, -0.25) is 13.7 Å².